The van der Waals surface area contributed by atoms with Crippen LogP contribution in [0.4, 0.5) is 5.82 Å². The van der Waals surface area contributed by atoms with E-state index in [1.54, 1.807) is 12.3 Å². The van der Waals surface area contributed by atoms with Gasteiger partial charge >= 0.3 is 0 Å². The lowest BCUT2D eigenvalue weighted by Gasteiger charge is -1.89. The predicted molar refractivity (Wildman–Crippen MR) is 48.3 cm³/mol. The van der Waals surface area contributed by atoms with Gasteiger partial charge in [0.1, 0.15) is 5.82 Å². The summed E-state index contributed by atoms with van der Waals surface area (Å²) < 4.78 is 0.881. The molecule has 0 saturated heterocycles. The van der Waals surface area contributed by atoms with Crippen LogP contribution in [0, 0.1) is 0 Å². The van der Waals surface area contributed by atoms with Crippen LogP contribution in [-0.2, 0) is 0 Å². The molecule has 0 amide bonds. The lowest BCUT2D eigenvalue weighted by atomic mass is 10.3. The molecule has 0 spiro atoms. The molecule has 0 aromatic carbocycles. The molecule has 0 bridgehead atoms. The molecular weight excluding hydrogens is 222 g/mol. The lowest BCUT2D eigenvalue weighted by molar-refractivity contribution is 1.06. The largest absolute Gasteiger partial charge is 0.382 e. The van der Waals surface area contributed by atoms with Crippen LogP contribution in [0.1, 0.15) is 0 Å². The second-order valence-corrected chi connectivity index (χ2v) is 3.15. The van der Waals surface area contributed by atoms with E-state index in [0.29, 0.717) is 5.82 Å². The number of aromatic nitrogens is 4. The van der Waals surface area contributed by atoms with Crippen molar-refractivity contribution in [3.05, 3.63) is 16.7 Å². The molecule has 12 heavy (non-hydrogen) atoms. The Bertz CT molecular complexity index is 390. The molecule has 0 radical (unpaired) electrons. The Balaban J connectivity index is 2.50. The van der Waals surface area contributed by atoms with Crippen molar-refractivity contribution in [1.29, 1.82) is 0 Å². The molecule has 6 heteroatoms. The number of nitrogen functional groups attached to an aromatic ring is 1. The summed E-state index contributed by atoms with van der Waals surface area (Å²) >= 11 is 3.33. The van der Waals surface area contributed by atoms with E-state index in [-0.39, 0.29) is 0 Å². The first kappa shape index (κ1) is 7.35. The molecule has 2 aromatic rings. The van der Waals surface area contributed by atoms with Gasteiger partial charge < -0.3 is 5.73 Å². The highest BCUT2D eigenvalue weighted by atomic mass is 79.9. The second kappa shape index (κ2) is 2.63. The Morgan fingerprint density at radius 3 is 2.75 bits per heavy atom. The summed E-state index contributed by atoms with van der Waals surface area (Å²) in [5.74, 6) is 0.464. The third kappa shape index (κ3) is 1.10. The third-order valence-electron chi connectivity index (χ3n) is 1.46. The second-order valence-electron chi connectivity index (χ2n) is 2.30. The number of nitrogens with two attached hydrogens (primary N) is 1. The molecule has 62 valence electrons. The third-order valence-corrected chi connectivity index (χ3v) is 2.06. The summed E-state index contributed by atoms with van der Waals surface area (Å²) in [7, 11) is 0. The van der Waals surface area contributed by atoms with Gasteiger partial charge in [0, 0.05) is 6.07 Å². The van der Waals surface area contributed by atoms with Gasteiger partial charge in [-0.25, -0.2) is 0 Å². The highest BCUT2D eigenvalue weighted by Gasteiger charge is 2.06. The monoisotopic (exact) mass is 227 g/mol. The van der Waals surface area contributed by atoms with Crippen LogP contribution in [0.15, 0.2) is 16.7 Å². The molecule has 2 heterocycles. The van der Waals surface area contributed by atoms with Gasteiger partial charge in [0.2, 0.25) is 0 Å². The first-order chi connectivity index (χ1) is 5.77. The summed E-state index contributed by atoms with van der Waals surface area (Å²) in [6, 6.07) is 1.73. The highest BCUT2D eigenvalue weighted by molar-refractivity contribution is 9.10. The van der Waals surface area contributed by atoms with Gasteiger partial charge in [-0.1, -0.05) is 0 Å². The van der Waals surface area contributed by atoms with Crippen LogP contribution < -0.4 is 5.73 Å². The average Bonchev–Trinajstić information content (AvgIpc) is 2.58. The van der Waals surface area contributed by atoms with Crippen molar-refractivity contribution in [2.24, 2.45) is 0 Å². The number of nitrogens with one attached hydrogen (secondary N) is 2. The van der Waals surface area contributed by atoms with Crippen LogP contribution in [0.3, 0.4) is 0 Å². The van der Waals surface area contributed by atoms with Gasteiger partial charge in [0.25, 0.3) is 0 Å². The van der Waals surface area contributed by atoms with Crippen molar-refractivity contribution < 1.29 is 0 Å². The van der Waals surface area contributed by atoms with Crippen molar-refractivity contribution in [3.8, 4) is 11.4 Å². The van der Waals surface area contributed by atoms with Gasteiger partial charge in [-0.2, -0.15) is 10.2 Å². The molecule has 5 nitrogen and oxygen atoms in total. The van der Waals surface area contributed by atoms with E-state index in [0.717, 1.165) is 15.9 Å². The van der Waals surface area contributed by atoms with Crippen LogP contribution in [0.5, 0.6) is 0 Å². The Kier molecular flexibility index (Phi) is 1.61. The summed E-state index contributed by atoms with van der Waals surface area (Å²) in [6.45, 7) is 0. The van der Waals surface area contributed by atoms with Crippen LogP contribution >= 0.6 is 15.9 Å². The van der Waals surface area contributed by atoms with Gasteiger partial charge in [-0.05, 0) is 15.9 Å². The molecule has 0 aliphatic heterocycles. The maximum atomic E-state index is 5.44. The van der Waals surface area contributed by atoms with E-state index in [9.17, 15) is 0 Å². The summed E-state index contributed by atoms with van der Waals surface area (Å²) in [5, 5.41) is 13.2. The molecule has 0 atom stereocenters. The van der Waals surface area contributed by atoms with E-state index < -0.39 is 0 Å². The Hall–Kier alpha value is -1.30. The topological polar surface area (TPSA) is 83.4 Å². The molecule has 0 fully saturated rings. The minimum absolute atomic E-state index is 0.464. The molecular formula is C6H6BrN5. The fourth-order valence-electron chi connectivity index (χ4n) is 0.926. The standard InChI is InChI=1S/C6H6BrN5/c7-3-2-9-12-6(3)4-1-5(8)11-10-4/h1-2H,(H,9,12)(H3,8,10,11). The molecule has 0 aliphatic rings. The summed E-state index contributed by atoms with van der Waals surface area (Å²) in [4.78, 5) is 0. The van der Waals surface area contributed by atoms with E-state index in [1.165, 1.54) is 0 Å². The molecule has 0 aliphatic carbocycles. The van der Waals surface area contributed by atoms with Gasteiger partial charge in [0.05, 0.1) is 22.1 Å². The summed E-state index contributed by atoms with van der Waals surface area (Å²) in [6.07, 6.45) is 1.67. The first-order valence-corrected chi connectivity index (χ1v) is 4.07. The van der Waals surface area contributed by atoms with Gasteiger partial charge in [-0.3, -0.25) is 10.2 Å². The van der Waals surface area contributed by atoms with E-state index in [2.05, 4.69) is 36.3 Å². The Labute approximate surface area is 76.5 Å². The molecule has 2 aromatic heterocycles. The maximum absolute atomic E-state index is 5.44. The Morgan fingerprint density at radius 1 is 1.42 bits per heavy atom. The van der Waals surface area contributed by atoms with Crippen molar-refractivity contribution in [3.63, 3.8) is 0 Å². The fraction of sp³-hybridized carbons (Fsp3) is 0. The number of rotatable bonds is 1. The van der Waals surface area contributed by atoms with Crippen molar-refractivity contribution >= 4 is 21.7 Å². The number of hydrogen-bond donors (Lipinski definition) is 3. The molecule has 0 unspecified atom stereocenters. The number of halogens is 1. The smallest absolute Gasteiger partial charge is 0.145 e. The fourth-order valence-corrected chi connectivity index (χ4v) is 1.33. The number of nitrogens with zero attached hydrogens (tertiary/aromatic N) is 2. The molecule has 0 saturated carbocycles. The highest BCUT2D eigenvalue weighted by Crippen LogP contribution is 2.24. The van der Waals surface area contributed by atoms with Crippen LogP contribution in [-0.4, -0.2) is 20.4 Å². The predicted octanol–water partition coefficient (Wildman–Crippen LogP) is 1.14. The van der Waals surface area contributed by atoms with Gasteiger partial charge in [0.15, 0.2) is 0 Å². The summed E-state index contributed by atoms with van der Waals surface area (Å²) in [5.41, 5.74) is 7.11. The molecule has 2 rings (SSSR count). The zero-order valence-electron chi connectivity index (χ0n) is 6.00. The Morgan fingerprint density at radius 2 is 2.25 bits per heavy atom. The van der Waals surface area contributed by atoms with Crippen molar-refractivity contribution in [2.75, 3.05) is 5.73 Å². The zero-order chi connectivity index (χ0) is 8.55. The van der Waals surface area contributed by atoms with E-state index >= 15 is 0 Å². The number of aromatic amines is 2. The minimum Gasteiger partial charge on any atom is -0.382 e. The minimum atomic E-state index is 0.464. The van der Waals surface area contributed by atoms with Crippen LogP contribution in [0.25, 0.3) is 11.4 Å². The quantitative estimate of drug-likeness (QED) is 0.684. The SMILES string of the molecule is Nc1cc(-c2[nH]ncc2Br)[nH]n1. The number of H-pyrrole nitrogens is 2. The van der Waals surface area contributed by atoms with Crippen molar-refractivity contribution in [2.45, 2.75) is 0 Å². The molecule has 4 N–H and O–H groups in total. The van der Waals surface area contributed by atoms with E-state index in [1.807, 2.05) is 0 Å². The number of anilines is 1. The normalized spacial score (nSPS) is 10.4. The first-order valence-electron chi connectivity index (χ1n) is 3.27. The zero-order valence-corrected chi connectivity index (χ0v) is 7.59. The van der Waals surface area contributed by atoms with E-state index in [4.69, 9.17) is 5.73 Å². The van der Waals surface area contributed by atoms with Gasteiger partial charge in [-0.15, -0.1) is 0 Å². The maximum Gasteiger partial charge on any atom is 0.145 e. The van der Waals surface area contributed by atoms with Crippen molar-refractivity contribution in [1.82, 2.24) is 20.4 Å². The lowest BCUT2D eigenvalue weighted by Crippen LogP contribution is -1.81. The van der Waals surface area contributed by atoms with Crippen LogP contribution in [0.2, 0.25) is 0 Å². The average molecular weight is 228 g/mol. The number of hydrogen-bond acceptors (Lipinski definition) is 3.